The van der Waals surface area contributed by atoms with E-state index in [1.54, 1.807) is 6.07 Å². The van der Waals surface area contributed by atoms with Crippen LogP contribution in [0.3, 0.4) is 0 Å². The van der Waals surface area contributed by atoms with Gasteiger partial charge in [-0.15, -0.1) is 0 Å². The van der Waals surface area contributed by atoms with E-state index in [4.69, 9.17) is 10.7 Å². The lowest BCUT2D eigenvalue weighted by Gasteiger charge is -2.35. The van der Waals surface area contributed by atoms with Crippen LogP contribution in [0.2, 0.25) is 0 Å². The lowest BCUT2D eigenvalue weighted by molar-refractivity contribution is 0.00302. The largest absolute Gasteiger partial charge is 0.384 e. The van der Waals surface area contributed by atoms with Crippen molar-refractivity contribution < 1.29 is 23.4 Å². The van der Waals surface area contributed by atoms with Gasteiger partial charge >= 0.3 is 0 Å². The van der Waals surface area contributed by atoms with Crippen LogP contribution < -0.4 is 15.4 Å². The number of sulfonamides is 1. The van der Waals surface area contributed by atoms with Crippen molar-refractivity contribution in [2.24, 2.45) is 5.92 Å². The fourth-order valence-electron chi connectivity index (χ4n) is 4.58. The number of carbonyl (C=O) groups is 1. The number of nitrogen functional groups attached to an aromatic ring is 1. The number of aromatic nitrogens is 2. The number of nitrogens with one attached hydrogen (secondary N) is 1. The summed E-state index contributed by atoms with van der Waals surface area (Å²) in [5.74, 6) is -0.175. The second kappa shape index (κ2) is 9.79. The molecule has 0 radical (unpaired) electrons. The summed E-state index contributed by atoms with van der Waals surface area (Å²) >= 11 is 0. The molecule has 1 amide bonds. The van der Waals surface area contributed by atoms with E-state index < -0.39 is 27.6 Å². The summed E-state index contributed by atoms with van der Waals surface area (Å²) in [6.07, 6.45) is 1.78. The van der Waals surface area contributed by atoms with Gasteiger partial charge in [-0.25, -0.2) is 14.7 Å². The van der Waals surface area contributed by atoms with E-state index in [2.05, 4.69) is 30.5 Å². The predicted molar refractivity (Wildman–Crippen MR) is 139 cm³/mol. The van der Waals surface area contributed by atoms with Gasteiger partial charge in [-0.1, -0.05) is 39.8 Å². The first kappa shape index (κ1) is 27.6. The van der Waals surface area contributed by atoms with Crippen LogP contribution in [0.1, 0.15) is 69.6 Å². The van der Waals surface area contributed by atoms with Crippen molar-refractivity contribution >= 4 is 33.6 Å². The van der Waals surface area contributed by atoms with Gasteiger partial charge in [0.25, 0.3) is 15.9 Å². The monoisotopic (exact) mass is 517 g/mol. The molecule has 36 heavy (non-hydrogen) atoms. The molecule has 196 valence electrons. The van der Waals surface area contributed by atoms with Crippen LogP contribution in [0.15, 0.2) is 35.4 Å². The standard InChI is InChI=1S/C25H35N5O5S/c1-15-13-25(5,6)30(14-15)22-17(12-16(10-11-20(31)32)21(28-22)24(2,3)4)23(33)29-36(34,35)19-9-7-8-18(26)27-19/h7-12,15,20,31-32H,13-14H2,1-6H3,(H2,26,27)(H,29,33)/b11-10+/t15-/m0/s1. The first-order chi connectivity index (χ1) is 16.5. The molecular formula is C25H35N5O5S. The SMILES string of the molecule is C[C@@H]1CN(c2nc(C(C)(C)C)c(/C=C/C(O)O)cc2C(=O)NS(=O)(=O)c2cccc(N)n2)C(C)(C)C1. The summed E-state index contributed by atoms with van der Waals surface area (Å²) in [5.41, 5.74) is 5.98. The van der Waals surface area contributed by atoms with E-state index in [9.17, 15) is 23.4 Å². The van der Waals surface area contributed by atoms with E-state index in [-0.39, 0.29) is 21.9 Å². The molecule has 0 aromatic carbocycles. The molecule has 3 heterocycles. The Morgan fingerprint density at radius 3 is 2.47 bits per heavy atom. The van der Waals surface area contributed by atoms with Gasteiger partial charge in [0, 0.05) is 17.5 Å². The van der Waals surface area contributed by atoms with Crippen LogP contribution in [0.5, 0.6) is 0 Å². The van der Waals surface area contributed by atoms with Gasteiger partial charge in [-0.05, 0) is 56.0 Å². The molecule has 1 fully saturated rings. The molecular weight excluding hydrogens is 482 g/mol. The highest BCUT2D eigenvalue weighted by atomic mass is 32.2. The van der Waals surface area contributed by atoms with E-state index in [0.717, 1.165) is 12.5 Å². The minimum atomic E-state index is -4.32. The van der Waals surface area contributed by atoms with Gasteiger partial charge in [-0.3, -0.25) is 4.79 Å². The number of hydrogen-bond donors (Lipinski definition) is 4. The molecule has 0 bridgehead atoms. The minimum absolute atomic E-state index is 0.00463. The molecule has 3 rings (SSSR count). The molecule has 0 unspecified atom stereocenters. The second-order valence-corrected chi connectivity index (χ2v) is 12.5. The molecule has 1 aliphatic rings. The Morgan fingerprint density at radius 1 is 1.28 bits per heavy atom. The van der Waals surface area contributed by atoms with Crippen LogP contribution in [-0.4, -0.2) is 52.9 Å². The summed E-state index contributed by atoms with van der Waals surface area (Å²) in [4.78, 5) is 24.2. The number of aliphatic hydroxyl groups excluding tert-OH is 1. The van der Waals surface area contributed by atoms with Crippen molar-refractivity contribution in [3.63, 3.8) is 0 Å². The number of hydrogen-bond acceptors (Lipinski definition) is 9. The maximum Gasteiger partial charge on any atom is 0.281 e. The second-order valence-electron chi connectivity index (χ2n) is 10.9. The molecule has 1 aliphatic heterocycles. The molecule has 0 spiro atoms. The van der Waals surface area contributed by atoms with Crippen molar-refractivity contribution in [2.75, 3.05) is 17.2 Å². The quantitative estimate of drug-likeness (QED) is 0.422. The lowest BCUT2D eigenvalue weighted by atomic mass is 9.87. The van der Waals surface area contributed by atoms with Gasteiger partial charge < -0.3 is 20.8 Å². The summed E-state index contributed by atoms with van der Waals surface area (Å²) in [6.45, 7) is 12.7. The van der Waals surface area contributed by atoms with E-state index in [1.165, 1.54) is 24.3 Å². The summed E-state index contributed by atoms with van der Waals surface area (Å²) in [7, 11) is -4.32. The highest BCUT2D eigenvalue weighted by molar-refractivity contribution is 7.90. The molecule has 5 N–H and O–H groups in total. The van der Waals surface area contributed by atoms with Crippen LogP contribution in [0.4, 0.5) is 11.6 Å². The average molecular weight is 518 g/mol. The number of carbonyl (C=O) groups excluding carboxylic acids is 1. The fourth-order valence-corrected chi connectivity index (χ4v) is 5.52. The highest BCUT2D eigenvalue weighted by Gasteiger charge is 2.40. The molecule has 1 saturated heterocycles. The Labute approximate surface area is 212 Å². The van der Waals surface area contributed by atoms with E-state index in [1.807, 2.05) is 25.7 Å². The van der Waals surface area contributed by atoms with Crippen molar-refractivity contribution in [1.82, 2.24) is 14.7 Å². The summed E-state index contributed by atoms with van der Waals surface area (Å²) < 4.78 is 28.0. The van der Waals surface area contributed by atoms with Gasteiger partial charge in [-0.2, -0.15) is 8.42 Å². The Kier molecular flexibility index (Phi) is 7.50. The third-order valence-electron chi connectivity index (χ3n) is 6.01. The zero-order chi connectivity index (χ0) is 27.1. The Hall–Kier alpha value is -3.02. The summed E-state index contributed by atoms with van der Waals surface area (Å²) in [5, 5.41) is 18.4. The highest BCUT2D eigenvalue weighted by Crippen LogP contribution is 2.39. The van der Waals surface area contributed by atoms with Crippen LogP contribution in [0, 0.1) is 5.92 Å². The number of rotatable bonds is 6. The molecule has 1 atom stereocenters. The fraction of sp³-hybridized carbons (Fsp3) is 0.480. The zero-order valence-corrected chi connectivity index (χ0v) is 22.3. The van der Waals surface area contributed by atoms with E-state index in [0.29, 0.717) is 29.5 Å². The Balaban J connectivity index is 2.20. The van der Waals surface area contributed by atoms with Crippen molar-refractivity contribution in [1.29, 1.82) is 0 Å². The Morgan fingerprint density at radius 2 is 1.94 bits per heavy atom. The maximum absolute atomic E-state index is 13.5. The van der Waals surface area contributed by atoms with Crippen LogP contribution in [0.25, 0.3) is 6.08 Å². The number of anilines is 2. The van der Waals surface area contributed by atoms with Gasteiger partial charge in [0.15, 0.2) is 11.3 Å². The summed E-state index contributed by atoms with van der Waals surface area (Å²) in [6, 6.07) is 5.66. The zero-order valence-electron chi connectivity index (χ0n) is 21.5. The van der Waals surface area contributed by atoms with Gasteiger partial charge in [0.05, 0.1) is 11.3 Å². The first-order valence-corrected chi connectivity index (χ1v) is 13.2. The van der Waals surface area contributed by atoms with Gasteiger partial charge in [0.2, 0.25) is 0 Å². The number of pyridine rings is 2. The maximum atomic E-state index is 13.5. The lowest BCUT2D eigenvalue weighted by Crippen LogP contribution is -2.41. The number of nitrogens with zero attached hydrogens (tertiary/aromatic N) is 3. The van der Waals surface area contributed by atoms with Crippen LogP contribution in [-0.2, 0) is 15.4 Å². The van der Waals surface area contributed by atoms with Crippen molar-refractivity contribution in [3.8, 4) is 0 Å². The number of aliphatic hydroxyl groups is 2. The third-order valence-corrected chi connectivity index (χ3v) is 7.24. The molecule has 0 saturated carbocycles. The van der Waals surface area contributed by atoms with Gasteiger partial charge in [0.1, 0.15) is 11.6 Å². The molecule has 10 nitrogen and oxygen atoms in total. The first-order valence-electron chi connectivity index (χ1n) is 11.7. The normalized spacial score (nSPS) is 18.2. The average Bonchev–Trinajstić information content (AvgIpc) is 3.02. The topological polar surface area (TPSA) is 159 Å². The smallest absolute Gasteiger partial charge is 0.281 e. The molecule has 0 aliphatic carbocycles. The minimum Gasteiger partial charge on any atom is -0.384 e. The van der Waals surface area contributed by atoms with Crippen molar-refractivity contribution in [2.45, 2.75) is 70.2 Å². The number of amides is 1. The van der Waals surface area contributed by atoms with Crippen LogP contribution >= 0.6 is 0 Å². The van der Waals surface area contributed by atoms with Crippen molar-refractivity contribution in [3.05, 3.63) is 47.2 Å². The Bertz CT molecular complexity index is 1280. The van der Waals surface area contributed by atoms with E-state index >= 15 is 0 Å². The molecule has 2 aromatic heterocycles. The predicted octanol–water partition coefficient (Wildman–Crippen LogP) is 2.42. The third kappa shape index (κ3) is 6.03. The molecule has 2 aromatic rings. The number of nitrogens with two attached hydrogens (primary N) is 1. The molecule has 11 heteroatoms.